The van der Waals surface area contributed by atoms with Crippen molar-refractivity contribution in [3.63, 3.8) is 0 Å². The highest BCUT2D eigenvalue weighted by atomic mass is 16.5. The van der Waals surface area contributed by atoms with E-state index in [1.807, 2.05) is 0 Å². The molecule has 0 aliphatic carbocycles. The van der Waals surface area contributed by atoms with Crippen LogP contribution in [-0.2, 0) is 9.59 Å². The molecule has 0 heterocycles. The summed E-state index contributed by atoms with van der Waals surface area (Å²) in [6.07, 6.45) is 8.57. The Balaban J connectivity index is 2.65. The summed E-state index contributed by atoms with van der Waals surface area (Å²) in [5.41, 5.74) is 0. The van der Waals surface area contributed by atoms with Gasteiger partial charge in [0.25, 0.3) is 0 Å². The normalized spacial score (nSPS) is 9.59. The van der Waals surface area contributed by atoms with Crippen LogP contribution in [0.25, 0.3) is 0 Å². The number of unbranched alkanes of at least 4 members (excludes halogenated alkanes) is 1. The van der Waals surface area contributed by atoms with E-state index < -0.39 is 11.9 Å². The maximum atomic E-state index is 11.6. The summed E-state index contributed by atoms with van der Waals surface area (Å²) in [4.78, 5) is 23.1. The number of phenols is 1. The minimum atomic E-state index is -0.468. The van der Waals surface area contributed by atoms with E-state index in [4.69, 9.17) is 15.9 Å². The maximum Gasteiger partial charge on any atom is 0.311 e. The predicted molar refractivity (Wildman–Crippen MR) is 81.5 cm³/mol. The quantitative estimate of drug-likeness (QED) is 0.263. The fraction of sp³-hybridized carbons (Fsp3) is 0.294. The van der Waals surface area contributed by atoms with Gasteiger partial charge in [-0.2, -0.15) is 0 Å². The van der Waals surface area contributed by atoms with Crippen molar-refractivity contribution in [2.75, 3.05) is 0 Å². The number of ether oxygens (including phenoxy) is 2. The van der Waals surface area contributed by atoms with E-state index in [0.717, 1.165) is 0 Å². The molecule has 0 radical (unpaired) electrons. The number of esters is 2. The summed E-state index contributed by atoms with van der Waals surface area (Å²) in [7, 11) is 0. The number of rotatable bonds is 8. The van der Waals surface area contributed by atoms with E-state index in [0.29, 0.717) is 19.3 Å². The lowest BCUT2D eigenvalue weighted by Gasteiger charge is -2.08. The van der Waals surface area contributed by atoms with Gasteiger partial charge in [0.15, 0.2) is 0 Å². The SMILES string of the molecule is C#CCCCC(=O)Oc1cc(O)cc(OC(=O)CCC=C)c1. The zero-order chi connectivity index (χ0) is 16.4. The second-order valence-corrected chi connectivity index (χ2v) is 4.50. The van der Waals surface area contributed by atoms with Gasteiger partial charge in [-0.05, 0) is 12.8 Å². The van der Waals surface area contributed by atoms with Crippen molar-refractivity contribution in [1.29, 1.82) is 0 Å². The molecule has 0 atom stereocenters. The van der Waals surface area contributed by atoms with Gasteiger partial charge in [0.2, 0.25) is 0 Å². The lowest BCUT2D eigenvalue weighted by atomic mass is 10.2. The molecule has 0 saturated carbocycles. The number of phenolic OH excluding ortho intramolecular Hbond substituents is 1. The Labute approximate surface area is 129 Å². The maximum absolute atomic E-state index is 11.6. The molecule has 116 valence electrons. The van der Waals surface area contributed by atoms with Crippen molar-refractivity contribution < 1.29 is 24.2 Å². The van der Waals surface area contributed by atoms with Crippen LogP contribution in [0.3, 0.4) is 0 Å². The summed E-state index contributed by atoms with van der Waals surface area (Å²) in [6.45, 7) is 3.51. The zero-order valence-corrected chi connectivity index (χ0v) is 12.2. The molecule has 0 aliphatic heterocycles. The first-order chi connectivity index (χ1) is 10.5. The lowest BCUT2D eigenvalue weighted by molar-refractivity contribution is -0.134. The van der Waals surface area contributed by atoms with Crippen molar-refractivity contribution >= 4 is 11.9 Å². The van der Waals surface area contributed by atoms with Gasteiger partial charge in [0.1, 0.15) is 17.2 Å². The molecule has 1 N–H and O–H groups in total. The summed E-state index contributed by atoms with van der Waals surface area (Å²) < 4.78 is 10.1. The van der Waals surface area contributed by atoms with Gasteiger partial charge in [0.05, 0.1) is 0 Å². The van der Waals surface area contributed by atoms with Crippen LogP contribution in [-0.4, -0.2) is 17.0 Å². The van der Waals surface area contributed by atoms with Crippen molar-refractivity contribution in [3.05, 3.63) is 30.9 Å². The summed E-state index contributed by atoms with van der Waals surface area (Å²) in [5, 5.41) is 9.58. The smallest absolute Gasteiger partial charge is 0.311 e. The van der Waals surface area contributed by atoms with Gasteiger partial charge in [-0.15, -0.1) is 18.9 Å². The third-order valence-corrected chi connectivity index (χ3v) is 2.58. The first-order valence-corrected chi connectivity index (χ1v) is 6.85. The van der Waals surface area contributed by atoms with Crippen LogP contribution in [0, 0.1) is 12.3 Å². The number of hydrogen-bond donors (Lipinski definition) is 1. The molecule has 1 aromatic carbocycles. The molecule has 5 nitrogen and oxygen atoms in total. The molecule has 1 rings (SSSR count). The van der Waals surface area contributed by atoms with E-state index in [-0.39, 0.29) is 30.1 Å². The summed E-state index contributed by atoms with van der Waals surface area (Å²) in [5.74, 6) is 1.56. The van der Waals surface area contributed by atoms with Gasteiger partial charge in [0, 0.05) is 37.5 Å². The highest BCUT2D eigenvalue weighted by Gasteiger charge is 2.10. The Kier molecular flexibility index (Phi) is 7.27. The Morgan fingerprint density at radius 1 is 1.18 bits per heavy atom. The van der Waals surface area contributed by atoms with E-state index in [9.17, 15) is 14.7 Å². The molecular weight excluding hydrogens is 284 g/mol. The molecule has 0 amide bonds. The minimum Gasteiger partial charge on any atom is -0.508 e. The van der Waals surface area contributed by atoms with Crippen LogP contribution < -0.4 is 9.47 Å². The Morgan fingerprint density at radius 2 is 1.77 bits per heavy atom. The number of aromatic hydroxyl groups is 1. The molecule has 0 spiro atoms. The van der Waals surface area contributed by atoms with Crippen LogP contribution in [0.4, 0.5) is 0 Å². The summed E-state index contributed by atoms with van der Waals surface area (Å²) in [6, 6.07) is 3.90. The monoisotopic (exact) mass is 302 g/mol. The predicted octanol–water partition coefficient (Wildman–Crippen LogP) is 2.97. The lowest BCUT2D eigenvalue weighted by Crippen LogP contribution is -2.09. The van der Waals surface area contributed by atoms with Gasteiger partial charge in [-0.3, -0.25) is 9.59 Å². The number of carbonyl (C=O) groups excluding carboxylic acids is 2. The Hall–Kier alpha value is -2.74. The molecule has 1 aromatic rings. The first-order valence-electron chi connectivity index (χ1n) is 6.85. The molecule has 0 fully saturated rings. The fourth-order valence-corrected chi connectivity index (χ4v) is 1.59. The third-order valence-electron chi connectivity index (χ3n) is 2.58. The van der Waals surface area contributed by atoms with Gasteiger partial charge in [-0.1, -0.05) is 6.08 Å². The van der Waals surface area contributed by atoms with E-state index >= 15 is 0 Å². The number of terminal acetylenes is 1. The molecule has 22 heavy (non-hydrogen) atoms. The molecule has 0 unspecified atom stereocenters. The molecule has 0 saturated heterocycles. The van der Waals surface area contributed by atoms with Gasteiger partial charge in [-0.25, -0.2) is 0 Å². The van der Waals surface area contributed by atoms with Crippen molar-refractivity contribution in [3.8, 4) is 29.6 Å². The third kappa shape index (κ3) is 6.62. The average molecular weight is 302 g/mol. The van der Waals surface area contributed by atoms with Crippen molar-refractivity contribution in [2.45, 2.75) is 32.1 Å². The van der Waals surface area contributed by atoms with Gasteiger partial charge < -0.3 is 14.6 Å². The number of hydrogen-bond acceptors (Lipinski definition) is 5. The number of carbonyl (C=O) groups is 2. The van der Waals surface area contributed by atoms with E-state index in [1.54, 1.807) is 6.08 Å². The van der Waals surface area contributed by atoms with Crippen LogP contribution >= 0.6 is 0 Å². The Morgan fingerprint density at radius 3 is 2.32 bits per heavy atom. The zero-order valence-electron chi connectivity index (χ0n) is 12.2. The average Bonchev–Trinajstić information content (AvgIpc) is 2.44. The Bertz CT molecular complexity index is 583. The first kappa shape index (κ1) is 17.3. The highest BCUT2D eigenvalue weighted by molar-refractivity contribution is 5.74. The molecule has 5 heteroatoms. The largest absolute Gasteiger partial charge is 0.508 e. The number of benzene rings is 1. The standard InChI is InChI=1S/C17H18O5/c1-3-5-7-9-17(20)22-15-11-13(18)10-14(12-15)21-16(19)8-6-4-2/h1,4,10-12,18H,2,5-9H2. The van der Waals surface area contributed by atoms with Gasteiger partial charge >= 0.3 is 11.9 Å². The minimum absolute atomic E-state index is 0.109. The summed E-state index contributed by atoms with van der Waals surface area (Å²) >= 11 is 0. The molecule has 0 aliphatic rings. The van der Waals surface area contributed by atoms with Crippen molar-refractivity contribution in [1.82, 2.24) is 0 Å². The topological polar surface area (TPSA) is 72.8 Å². The molecular formula is C17H18O5. The highest BCUT2D eigenvalue weighted by Crippen LogP contribution is 2.27. The second kappa shape index (κ2) is 9.24. The van der Waals surface area contributed by atoms with E-state index in [1.165, 1.54) is 18.2 Å². The number of allylic oxidation sites excluding steroid dienone is 1. The second-order valence-electron chi connectivity index (χ2n) is 4.50. The van der Waals surface area contributed by atoms with Crippen LogP contribution in [0.5, 0.6) is 17.2 Å². The molecule has 0 bridgehead atoms. The fourth-order valence-electron chi connectivity index (χ4n) is 1.59. The van der Waals surface area contributed by atoms with Crippen molar-refractivity contribution in [2.24, 2.45) is 0 Å². The van der Waals surface area contributed by atoms with Crippen LogP contribution in [0.2, 0.25) is 0 Å². The van der Waals surface area contributed by atoms with Crippen LogP contribution in [0.15, 0.2) is 30.9 Å². The molecule has 0 aromatic heterocycles. The van der Waals surface area contributed by atoms with E-state index in [2.05, 4.69) is 12.5 Å². The van der Waals surface area contributed by atoms with Crippen LogP contribution in [0.1, 0.15) is 32.1 Å².